The summed E-state index contributed by atoms with van der Waals surface area (Å²) in [5.41, 5.74) is 4.89. The van der Waals surface area contributed by atoms with E-state index in [-0.39, 0.29) is 5.56 Å². The molecule has 3 nitrogen and oxygen atoms in total. The fraction of sp³-hybridized carbons (Fsp3) is 0.227. The van der Waals surface area contributed by atoms with Crippen LogP contribution in [0.15, 0.2) is 60.3 Å². The second kappa shape index (κ2) is 7.35. The molecule has 0 spiro atoms. The van der Waals surface area contributed by atoms with Gasteiger partial charge >= 0.3 is 0 Å². The maximum atomic E-state index is 13.3. The highest BCUT2D eigenvalue weighted by molar-refractivity contribution is 5.94. The minimum absolute atomic E-state index is 0.0141. The molecule has 0 saturated carbocycles. The molecule has 1 heterocycles. The summed E-state index contributed by atoms with van der Waals surface area (Å²) in [5, 5.41) is 2.74. The van der Waals surface area contributed by atoms with Crippen LogP contribution in [0.3, 0.4) is 0 Å². The summed E-state index contributed by atoms with van der Waals surface area (Å²) in [7, 11) is 0. The number of hydrogen-bond acceptors (Lipinski definition) is 2. The SMILES string of the molecule is O=C(NCc1ccc2c(c1)CCN(C1=CC=C1)CC2)c1cc(F)cc(F)c1. The third kappa shape index (κ3) is 3.92. The zero-order chi connectivity index (χ0) is 18.8. The number of amides is 1. The van der Waals surface area contributed by atoms with Crippen LogP contribution in [0.4, 0.5) is 8.78 Å². The monoisotopic (exact) mass is 366 g/mol. The van der Waals surface area contributed by atoms with Crippen molar-refractivity contribution < 1.29 is 13.6 Å². The van der Waals surface area contributed by atoms with Gasteiger partial charge in [0.15, 0.2) is 0 Å². The summed E-state index contributed by atoms with van der Waals surface area (Å²) in [6.07, 6.45) is 8.27. The molecule has 138 valence electrons. The molecule has 4 rings (SSSR count). The Morgan fingerprint density at radius 3 is 2.37 bits per heavy atom. The maximum Gasteiger partial charge on any atom is 0.251 e. The Morgan fingerprint density at radius 2 is 1.70 bits per heavy atom. The predicted octanol–water partition coefficient (Wildman–Crippen LogP) is 3.75. The Hall–Kier alpha value is -2.95. The van der Waals surface area contributed by atoms with Crippen molar-refractivity contribution in [3.8, 4) is 0 Å². The molecule has 27 heavy (non-hydrogen) atoms. The second-order valence-corrected chi connectivity index (χ2v) is 6.88. The van der Waals surface area contributed by atoms with Crippen molar-refractivity contribution in [3.05, 3.63) is 94.2 Å². The van der Waals surface area contributed by atoms with E-state index in [9.17, 15) is 13.6 Å². The number of hydrogen-bond donors (Lipinski definition) is 1. The van der Waals surface area contributed by atoms with Crippen molar-refractivity contribution in [2.75, 3.05) is 13.1 Å². The fourth-order valence-electron chi connectivity index (χ4n) is 3.51. The van der Waals surface area contributed by atoms with Gasteiger partial charge in [0.05, 0.1) is 0 Å². The molecule has 0 unspecified atom stereocenters. The number of halogens is 2. The highest BCUT2D eigenvalue weighted by Crippen LogP contribution is 2.22. The highest BCUT2D eigenvalue weighted by Gasteiger charge is 2.17. The summed E-state index contributed by atoms with van der Waals surface area (Å²) >= 11 is 0. The summed E-state index contributed by atoms with van der Waals surface area (Å²) < 4.78 is 26.5. The molecule has 0 fully saturated rings. The van der Waals surface area contributed by atoms with Crippen molar-refractivity contribution in [1.82, 2.24) is 10.2 Å². The van der Waals surface area contributed by atoms with E-state index >= 15 is 0 Å². The molecule has 1 aliphatic heterocycles. The van der Waals surface area contributed by atoms with Crippen molar-refractivity contribution in [3.63, 3.8) is 0 Å². The third-order valence-corrected chi connectivity index (χ3v) is 5.05. The van der Waals surface area contributed by atoms with Gasteiger partial charge in [-0.1, -0.05) is 24.3 Å². The van der Waals surface area contributed by atoms with Gasteiger partial charge in [-0.05, 0) is 53.8 Å². The molecule has 1 amide bonds. The van der Waals surface area contributed by atoms with Crippen LogP contribution in [0.1, 0.15) is 27.0 Å². The van der Waals surface area contributed by atoms with Gasteiger partial charge in [-0.25, -0.2) is 8.78 Å². The van der Waals surface area contributed by atoms with Gasteiger partial charge in [0, 0.05) is 37.0 Å². The van der Waals surface area contributed by atoms with Crippen LogP contribution in [0.5, 0.6) is 0 Å². The molecule has 2 aromatic rings. The van der Waals surface area contributed by atoms with E-state index in [1.807, 2.05) is 6.07 Å². The molecule has 0 radical (unpaired) electrons. The molecular formula is C22H20F2N2O. The van der Waals surface area contributed by atoms with E-state index in [4.69, 9.17) is 0 Å². The van der Waals surface area contributed by atoms with Gasteiger partial charge in [0.25, 0.3) is 5.91 Å². The minimum atomic E-state index is -0.758. The number of nitrogens with zero attached hydrogens (tertiary/aromatic N) is 1. The molecule has 0 bridgehead atoms. The van der Waals surface area contributed by atoms with Crippen molar-refractivity contribution in [1.29, 1.82) is 0 Å². The van der Waals surface area contributed by atoms with Crippen LogP contribution in [0, 0.1) is 11.6 Å². The van der Waals surface area contributed by atoms with E-state index < -0.39 is 17.5 Å². The Kier molecular flexibility index (Phi) is 4.75. The normalized spacial score (nSPS) is 15.5. The van der Waals surface area contributed by atoms with Crippen LogP contribution in [-0.4, -0.2) is 23.9 Å². The molecule has 0 atom stereocenters. The summed E-state index contributed by atoms with van der Waals surface area (Å²) in [5.74, 6) is -2.00. The predicted molar refractivity (Wildman–Crippen MR) is 100 cm³/mol. The van der Waals surface area contributed by atoms with E-state index in [1.165, 1.54) is 16.8 Å². The first kappa shape index (κ1) is 17.5. The zero-order valence-corrected chi connectivity index (χ0v) is 14.8. The van der Waals surface area contributed by atoms with Gasteiger partial charge < -0.3 is 10.2 Å². The van der Waals surface area contributed by atoms with E-state index in [2.05, 4.69) is 40.6 Å². The van der Waals surface area contributed by atoms with Crippen molar-refractivity contribution in [2.24, 2.45) is 0 Å². The van der Waals surface area contributed by atoms with Crippen LogP contribution >= 0.6 is 0 Å². The molecular weight excluding hydrogens is 346 g/mol. The molecule has 1 N–H and O–H groups in total. The Labute approximate surface area is 157 Å². The van der Waals surface area contributed by atoms with Gasteiger partial charge in [-0.15, -0.1) is 0 Å². The zero-order valence-electron chi connectivity index (χ0n) is 14.8. The van der Waals surface area contributed by atoms with Gasteiger partial charge in [0.1, 0.15) is 11.6 Å². The third-order valence-electron chi connectivity index (χ3n) is 5.05. The summed E-state index contributed by atoms with van der Waals surface area (Å²) in [6.45, 7) is 2.30. The average Bonchev–Trinajstić information content (AvgIpc) is 2.80. The maximum absolute atomic E-state index is 13.3. The van der Waals surface area contributed by atoms with E-state index in [0.717, 1.165) is 49.7 Å². The number of fused-ring (bicyclic) bond motifs is 1. The van der Waals surface area contributed by atoms with Crippen LogP contribution < -0.4 is 5.32 Å². The Balaban J connectivity index is 1.41. The number of nitrogens with one attached hydrogen (secondary N) is 1. The smallest absolute Gasteiger partial charge is 0.251 e. The standard InChI is InChI=1S/C22H20F2N2O/c23-19-11-18(12-20(24)13-19)22(27)25-14-15-4-5-16-6-8-26(21-2-1-3-21)9-7-17(16)10-15/h1-5,10-13H,6-9,14H2,(H,25,27). The van der Waals surface area contributed by atoms with Crippen LogP contribution in [0.25, 0.3) is 0 Å². The Bertz CT molecular complexity index is 929. The molecule has 5 heteroatoms. The van der Waals surface area contributed by atoms with Crippen LogP contribution in [0.2, 0.25) is 0 Å². The van der Waals surface area contributed by atoms with Crippen molar-refractivity contribution in [2.45, 2.75) is 19.4 Å². The van der Waals surface area contributed by atoms with E-state index in [0.29, 0.717) is 6.54 Å². The lowest BCUT2D eigenvalue weighted by Crippen LogP contribution is -2.26. The number of carbonyl (C=O) groups is 1. The summed E-state index contributed by atoms with van der Waals surface area (Å²) in [4.78, 5) is 14.5. The fourth-order valence-corrected chi connectivity index (χ4v) is 3.51. The van der Waals surface area contributed by atoms with Crippen LogP contribution in [-0.2, 0) is 19.4 Å². The van der Waals surface area contributed by atoms with Crippen molar-refractivity contribution >= 4 is 5.91 Å². The molecule has 2 aromatic carbocycles. The largest absolute Gasteiger partial charge is 0.371 e. The average molecular weight is 366 g/mol. The number of benzene rings is 2. The molecule has 0 aromatic heterocycles. The lowest BCUT2D eigenvalue weighted by molar-refractivity contribution is 0.0950. The number of carbonyl (C=O) groups excluding carboxylic acids is 1. The first-order valence-corrected chi connectivity index (χ1v) is 9.07. The van der Waals surface area contributed by atoms with Gasteiger partial charge in [-0.2, -0.15) is 0 Å². The summed E-state index contributed by atoms with van der Waals surface area (Å²) in [6, 6.07) is 9.07. The first-order chi connectivity index (χ1) is 13.1. The molecule has 1 aliphatic carbocycles. The number of rotatable bonds is 4. The quantitative estimate of drug-likeness (QED) is 0.894. The lowest BCUT2D eigenvalue weighted by Gasteiger charge is -2.26. The second-order valence-electron chi connectivity index (χ2n) is 6.88. The first-order valence-electron chi connectivity index (χ1n) is 9.07. The highest BCUT2D eigenvalue weighted by atomic mass is 19.1. The van der Waals surface area contributed by atoms with E-state index in [1.54, 1.807) is 0 Å². The lowest BCUT2D eigenvalue weighted by atomic mass is 10.00. The van der Waals surface area contributed by atoms with Gasteiger partial charge in [-0.3, -0.25) is 4.79 Å². The molecule has 2 aliphatic rings. The van der Waals surface area contributed by atoms with Gasteiger partial charge in [0.2, 0.25) is 0 Å². The minimum Gasteiger partial charge on any atom is -0.371 e. The molecule has 0 saturated heterocycles. The Morgan fingerprint density at radius 1 is 1.00 bits per heavy atom. The topological polar surface area (TPSA) is 32.3 Å². The number of allylic oxidation sites excluding steroid dienone is 3.